The maximum Gasteiger partial charge on any atom is 0.267 e. The third kappa shape index (κ3) is 4.24. The highest BCUT2D eigenvalue weighted by Gasteiger charge is 2.25. The molecule has 0 saturated carbocycles. The summed E-state index contributed by atoms with van der Waals surface area (Å²) in [5.74, 6) is 2.22. The molecular weight excluding hydrogens is 478 g/mol. The van der Waals surface area contributed by atoms with Gasteiger partial charge in [0.1, 0.15) is 4.83 Å². The van der Waals surface area contributed by atoms with E-state index in [9.17, 15) is 4.79 Å². The molecule has 0 saturated heterocycles. The molecule has 4 aromatic rings. The Morgan fingerprint density at radius 2 is 1.94 bits per heavy atom. The number of thioether (sulfide) groups is 1. The van der Waals surface area contributed by atoms with Crippen LogP contribution in [0, 0.1) is 6.92 Å². The lowest BCUT2D eigenvalue weighted by Crippen LogP contribution is -2.31. The highest BCUT2D eigenvalue weighted by Crippen LogP contribution is 2.37. The van der Waals surface area contributed by atoms with E-state index in [0.29, 0.717) is 10.9 Å². The molecule has 0 aliphatic carbocycles. The Bertz CT molecular complexity index is 1460. The van der Waals surface area contributed by atoms with Crippen LogP contribution < -0.4 is 15.0 Å². The predicted octanol–water partition coefficient (Wildman–Crippen LogP) is 5.54. The van der Waals surface area contributed by atoms with Crippen LogP contribution in [0.4, 0.5) is 0 Å². The molecule has 35 heavy (non-hydrogen) atoms. The largest absolute Gasteiger partial charge is 0.454 e. The number of nitrogens with zero attached hydrogens (tertiary/aromatic N) is 3. The third-order valence-corrected chi connectivity index (χ3v) is 8.68. The van der Waals surface area contributed by atoms with Gasteiger partial charge in [0.05, 0.1) is 11.1 Å². The molecule has 0 amide bonds. The molecule has 4 heterocycles. The molecule has 180 valence electrons. The van der Waals surface area contributed by atoms with Gasteiger partial charge in [0.2, 0.25) is 6.79 Å². The average molecular weight is 506 g/mol. The lowest BCUT2D eigenvalue weighted by Gasteiger charge is -2.26. The summed E-state index contributed by atoms with van der Waals surface area (Å²) in [6.45, 7) is 7.53. The van der Waals surface area contributed by atoms with Gasteiger partial charge in [0.15, 0.2) is 16.7 Å². The molecule has 0 radical (unpaired) electrons. The van der Waals surface area contributed by atoms with Crippen molar-refractivity contribution in [2.24, 2.45) is 0 Å². The maximum atomic E-state index is 14.0. The van der Waals surface area contributed by atoms with Gasteiger partial charge in [0, 0.05) is 23.7 Å². The molecule has 0 N–H and O–H groups in total. The second-order valence-corrected chi connectivity index (χ2v) is 11.1. The SMILES string of the molecule is CCCN1CCc2c(sc3nc(SCc4ccc5c(c4)OCO5)n(-c4ccc(C)cc4)c(=O)c23)C1. The minimum Gasteiger partial charge on any atom is -0.454 e. The molecule has 6 rings (SSSR count). The summed E-state index contributed by atoms with van der Waals surface area (Å²) in [5, 5.41) is 1.52. The minimum absolute atomic E-state index is 0.0356. The molecule has 0 unspecified atom stereocenters. The fourth-order valence-electron chi connectivity index (χ4n) is 4.78. The minimum atomic E-state index is 0.0356. The van der Waals surface area contributed by atoms with Crippen molar-refractivity contribution in [3.8, 4) is 17.2 Å². The Morgan fingerprint density at radius 3 is 2.77 bits per heavy atom. The van der Waals surface area contributed by atoms with Gasteiger partial charge in [-0.3, -0.25) is 14.3 Å². The van der Waals surface area contributed by atoms with Crippen LogP contribution in [0.15, 0.2) is 52.4 Å². The highest BCUT2D eigenvalue weighted by molar-refractivity contribution is 7.98. The van der Waals surface area contributed by atoms with Crippen molar-refractivity contribution in [3.05, 3.63) is 74.4 Å². The second kappa shape index (κ2) is 9.33. The van der Waals surface area contributed by atoms with Gasteiger partial charge >= 0.3 is 0 Å². The molecule has 0 fully saturated rings. The van der Waals surface area contributed by atoms with E-state index in [-0.39, 0.29) is 12.4 Å². The van der Waals surface area contributed by atoms with Crippen LogP contribution in [-0.2, 0) is 18.7 Å². The van der Waals surface area contributed by atoms with Crippen LogP contribution in [0.3, 0.4) is 0 Å². The molecular formula is C27H27N3O3S2. The van der Waals surface area contributed by atoms with E-state index in [0.717, 1.165) is 71.0 Å². The number of hydrogen-bond donors (Lipinski definition) is 0. The number of fused-ring (bicyclic) bond motifs is 4. The van der Waals surface area contributed by atoms with Crippen LogP contribution in [0.25, 0.3) is 15.9 Å². The number of hydrogen-bond acceptors (Lipinski definition) is 7. The van der Waals surface area contributed by atoms with E-state index in [2.05, 4.69) is 18.7 Å². The maximum absolute atomic E-state index is 14.0. The highest BCUT2D eigenvalue weighted by atomic mass is 32.2. The fraction of sp³-hybridized carbons (Fsp3) is 0.333. The molecule has 2 aliphatic rings. The van der Waals surface area contributed by atoms with Gasteiger partial charge in [-0.15, -0.1) is 11.3 Å². The first-order chi connectivity index (χ1) is 17.1. The predicted molar refractivity (Wildman–Crippen MR) is 141 cm³/mol. The topological polar surface area (TPSA) is 56.6 Å². The summed E-state index contributed by atoms with van der Waals surface area (Å²) in [5.41, 5.74) is 4.35. The molecule has 2 aliphatic heterocycles. The second-order valence-electron chi connectivity index (χ2n) is 9.06. The van der Waals surface area contributed by atoms with Crippen LogP contribution in [-0.4, -0.2) is 34.3 Å². The number of thiophene rings is 1. The van der Waals surface area contributed by atoms with Crippen molar-refractivity contribution in [1.29, 1.82) is 0 Å². The van der Waals surface area contributed by atoms with E-state index in [1.807, 2.05) is 42.5 Å². The van der Waals surface area contributed by atoms with Gasteiger partial charge in [0.25, 0.3) is 5.56 Å². The van der Waals surface area contributed by atoms with Crippen LogP contribution in [0.1, 0.15) is 34.9 Å². The molecule has 0 bridgehead atoms. The Labute approximate surface area is 212 Å². The quantitative estimate of drug-likeness (QED) is 0.253. The van der Waals surface area contributed by atoms with E-state index in [4.69, 9.17) is 14.5 Å². The summed E-state index contributed by atoms with van der Waals surface area (Å²) in [6.07, 6.45) is 2.04. The number of rotatable bonds is 6. The third-order valence-electron chi connectivity index (χ3n) is 6.56. The number of aryl methyl sites for hydroxylation is 1. The first kappa shape index (κ1) is 22.6. The zero-order valence-corrected chi connectivity index (χ0v) is 21.5. The standard InChI is InChI=1S/C27H27N3O3S2/c1-3-11-29-12-10-20-23(14-29)35-25-24(20)26(31)30(19-7-4-17(2)5-8-19)27(28-25)34-15-18-6-9-21-22(13-18)33-16-32-21/h4-9,13H,3,10-12,14-16H2,1-2H3. The van der Waals surface area contributed by atoms with Gasteiger partial charge in [-0.05, 0) is 61.7 Å². The molecule has 2 aromatic carbocycles. The van der Waals surface area contributed by atoms with E-state index < -0.39 is 0 Å². The van der Waals surface area contributed by atoms with Crippen molar-refractivity contribution >= 4 is 33.3 Å². The first-order valence-electron chi connectivity index (χ1n) is 12.0. The Balaban J connectivity index is 1.42. The zero-order chi connectivity index (χ0) is 23.9. The summed E-state index contributed by atoms with van der Waals surface area (Å²) in [4.78, 5) is 23.7. The molecule has 8 heteroatoms. The average Bonchev–Trinajstić information content (AvgIpc) is 3.47. The summed E-state index contributed by atoms with van der Waals surface area (Å²) in [6, 6.07) is 14.1. The Hall–Kier alpha value is -2.81. The number of ether oxygens (including phenoxy) is 2. The van der Waals surface area contributed by atoms with Crippen molar-refractivity contribution in [1.82, 2.24) is 14.5 Å². The zero-order valence-electron chi connectivity index (χ0n) is 19.9. The monoisotopic (exact) mass is 505 g/mol. The first-order valence-corrected chi connectivity index (χ1v) is 13.8. The summed E-state index contributed by atoms with van der Waals surface area (Å²) in [7, 11) is 0. The van der Waals surface area contributed by atoms with Crippen molar-refractivity contribution < 1.29 is 9.47 Å². The summed E-state index contributed by atoms with van der Waals surface area (Å²) < 4.78 is 12.8. The van der Waals surface area contributed by atoms with Gasteiger partial charge in [-0.2, -0.15) is 0 Å². The molecule has 2 aromatic heterocycles. The number of aromatic nitrogens is 2. The van der Waals surface area contributed by atoms with Crippen molar-refractivity contribution in [2.75, 3.05) is 19.9 Å². The van der Waals surface area contributed by atoms with Crippen LogP contribution in [0.2, 0.25) is 0 Å². The summed E-state index contributed by atoms with van der Waals surface area (Å²) >= 11 is 3.27. The van der Waals surface area contributed by atoms with E-state index >= 15 is 0 Å². The van der Waals surface area contributed by atoms with Gasteiger partial charge in [-0.1, -0.05) is 42.4 Å². The molecule has 6 nitrogen and oxygen atoms in total. The van der Waals surface area contributed by atoms with E-state index in [1.165, 1.54) is 10.4 Å². The fourth-order valence-corrected chi connectivity index (χ4v) is 7.04. The van der Waals surface area contributed by atoms with Crippen molar-refractivity contribution in [3.63, 3.8) is 0 Å². The number of benzene rings is 2. The smallest absolute Gasteiger partial charge is 0.267 e. The normalized spacial score (nSPS) is 15.0. The molecule has 0 spiro atoms. The van der Waals surface area contributed by atoms with E-state index in [1.54, 1.807) is 27.7 Å². The van der Waals surface area contributed by atoms with Crippen LogP contribution >= 0.6 is 23.1 Å². The Morgan fingerprint density at radius 1 is 1.11 bits per heavy atom. The van der Waals surface area contributed by atoms with Gasteiger partial charge in [-0.25, -0.2) is 4.98 Å². The van der Waals surface area contributed by atoms with Gasteiger partial charge < -0.3 is 9.47 Å². The lowest BCUT2D eigenvalue weighted by atomic mass is 10.1. The van der Waals surface area contributed by atoms with Crippen molar-refractivity contribution in [2.45, 2.75) is 44.1 Å². The van der Waals surface area contributed by atoms with Crippen LogP contribution in [0.5, 0.6) is 11.5 Å². The Kier molecular flexibility index (Phi) is 6.04. The lowest BCUT2D eigenvalue weighted by molar-refractivity contribution is 0.174. The molecule has 0 atom stereocenters.